The molecular formula is C15H22N4O2. The third-order valence-electron chi connectivity index (χ3n) is 4.17. The maximum atomic E-state index is 12.5. The van der Waals surface area contributed by atoms with Gasteiger partial charge in [0.05, 0.1) is 12.3 Å². The molecule has 3 heterocycles. The number of likely N-dealkylation sites (tertiary alicyclic amines) is 1. The molecular weight excluding hydrogens is 268 g/mol. The number of hydrogen-bond donors (Lipinski definition) is 0. The van der Waals surface area contributed by atoms with E-state index in [-0.39, 0.29) is 6.03 Å². The van der Waals surface area contributed by atoms with Crippen LogP contribution in [0.3, 0.4) is 0 Å². The molecule has 6 nitrogen and oxygen atoms in total. The van der Waals surface area contributed by atoms with Gasteiger partial charge >= 0.3 is 6.03 Å². The van der Waals surface area contributed by atoms with E-state index >= 15 is 0 Å². The molecule has 6 heteroatoms. The van der Waals surface area contributed by atoms with Gasteiger partial charge in [0.1, 0.15) is 6.33 Å². The van der Waals surface area contributed by atoms with Crippen LogP contribution in [0.25, 0.3) is 0 Å². The van der Waals surface area contributed by atoms with Gasteiger partial charge in [-0.1, -0.05) is 0 Å². The van der Waals surface area contributed by atoms with Crippen LogP contribution in [0.2, 0.25) is 0 Å². The first-order valence-electron chi connectivity index (χ1n) is 7.79. The number of ether oxygens (including phenoxy) is 1. The van der Waals surface area contributed by atoms with Gasteiger partial charge in [-0.15, -0.1) is 0 Å². The van der Waals surface area contributed by atoms with Crippen LogP contribution in [0.15, 0.2) is 6.33 Å². The lowest BCUT2D eigenvalue weighted by atomic mass is 10.1. The number of rotatable bonds is 2. The minimum absolute atomic E-state index is 0.172. The maximum Gasteiger partial charge on any atom is 0.320 e. The lowest BCUT2D eigenvalue weighted by Gasteiger charge is -2.26. The highest BCUT2D eigenvalue weighted by molar-refractivity contribution is 5.74. The van der Waals surface area contributed by atoms with E-state index in [1.165, 1.54) is 0 Å². The molecule has 0 aliphatic carbocycles. The van der Waals surface area contributed by atoms with Crippen molar-refractivity contribution in [2.24, 2.45) is 0 Å². The van der Waals surface area contributed by atoms with Crippen molar-refractivity contribution in [3.8, 4) is 5.88 Å². The number of carbonyl (C=O) groups is 1. The Morgan fingerprint density at radius 3 is 2.62 bits per heavy atom. The lowest BCUT2D eigenvalue weighted by Crippen LogP contribution is -2.42. The van der Waals surface area contributed by atoms with Crippen molar-refractivity contribution in [1.29, 1.82) is 0 Å². The van der Waals surface area contributed by atoms with Crippen molar-refractivity contribution >= 4 is 6.03 Å². The Balaban J connectivity index is 1.72. The van der Waals surface area contributed by atoms with E-state index in [0.29, 0.717) is 12.5 Å². The Morgan fingerprint density at radius 2 is 1.86 bits per heavy atom. The number of aromatic nitrogens is 2. The van der Waals surface area contributed by atoms with Crippen molar-refractivity contribution in [1.82, 2.24) is 19.8 Å². The molecule has 0 spiro atoms. The molecule has 0 atom stereocenters. The summed E-state index contributed by atoms with van der Waals surface area (Å²) in [5.41, 5.74) is 2.08. The molecule has 1 aromatic heterocycles. The van der Waals surface area contributed by atoms with Crippen LogP contribution in [-0.4, -0.2) is 58.6 Å². The van der Waals surface area contributed by atoms with Gasteiger partial charge in [-0.25, -0.2) is 14.8 Å². The second-order valence-corrected chi connectivity index (χ2v) is 5.50. The van der Waals surface area contributed by atoms with Crippen LogP contribution in [0.4, 0.5) is 4.79 Å². The monoisotopic (exact) mass is 290 g/mol. The van der Waals surface area contributed by atoms with Crippen LogP contribution in [0.1, 0.15) is 31.0 Å². The topological polar surface area (TPSA) is 58.6 Å². The first-order chi connectivity index (χ1) is 10.3. The van der Waals surface area contributed by atoms with Crippen LogP contribution in [0.5, 0.6) is 5.88 Å². The number of carbonyl (C=O) groups excluding carboxylic acids is 1. The van der Waals surface area contributed by atoms with Gasteiger partial charge in [0.25, 0.3) is 0 Å². The summed E-state index contributed by atoms with van der Waals surface area (Å²) < 4.78 is 5.59. The van der Waals surface area contributed by atoms with Crippen LogP contribution >= 0.6 is 0 Å². The van der Waals surface area contributed by atoms with Gasteiger partial charge in [-0.2, -0.15) is 0 Å². The molecule has 3 rings (SSSR count). The van der Waals surface area contributed by atoms with Gasteiger partial charge in [-0.05, 0) is 26.2 Å². The Hall–Kier alpha value is -1.85. The molecule has 2 aliphatic rings. The first-order valence-corrected chi connectivity index (χ1v) is 7.79. The van der Waals surface area contributed by atoms with E-state index in [2.05, 4.69) is 9.97 Å². The minimum Gasteiger partial charge on any atom is -0.478 e. The molecule has 114 valence electrons. The van der Waals surface area contributed by atoms with Crippen molar-refractivity contribution in [2.45, 2.75) is 32.6 Å². The number of fused-ring (bicyclic) bond motifs is 1. The predicted octanol–water partition coefficient (Wildman–Crippen LogP) is 1.49. The summed E-state index contributed by atoms with van der Waals surface area (Å²) in [6.07, 6.45) is 5.35. The second kappa shape index (κ2) is 6.28. The van der Waals surface area contributed by atoms with Crippen molar-refractivity contribution < 1.29 is 9.53 Å². The highest BCUT2D eigenvalue weighted by atomic mass is 16.5. The average molecular weight is 290 g/mol. The summed E-state index contributed by atoms with van der Waals surface area (Å²) >= 11 is 0. The zero-order chi connectivity index (χ0) is 14.7. The molecule has 0 N–H and O–H groups in total. The first kappa shape index (κ1) is 14.1. The zero-order valence-corrected chi connectivity index (χ0v) is 12.5. The van der Waals surface area contributed by atoms with Gasteiger partial charge < -0.3 is 14.5 Å². The smallest absolute Gasteiger partial charge is 0.320 e. The Labute approximate surface area is 125 Å². The molecule has 1 fully saturated rings. The second-order valence-electron chi connectivity index (χ2n) is 5.50. The molecule has 0 saturated carbocycles. The van der Waals surface area contributed by atoms with E-state index < -0.39 is 0 Å². The fourth-order valence-electron chi connectivity index (χ4n) is 3.06. The Kier molecular flexibility index (Phi) is 4.22. The van der Waals surface area contributed by atoms with E-state index in [1.807, 2.05) is 16.7 Å². The van der Waals surface area contributed by atoms with Gasteiger partial charge in [0, 0.05) is 38.2 Å². The van der Waals surface area contributed by atoms with Crippen LogP contribution in [0, 0.1) is 0 Å². The van der Waals surface area contributed by atoms with Crippen LogP contribution in [-0.2, 0) is 12.8 Å². The molecule has 2 aliphatic heterocycles. The predicted molar refractivity (Wildman–Crippen MR) is 78.4 cm³/mol. The number of hydrogen-bond acceptors (Lipinski definition) is 4. The third kappa shape index (κ3) is 2.94. The maximum absolute atomic E-state index is 12.5. The normalized spacial score (nSPS) is 18.3. The molecule has 0 radical (unpaired) electrons. The number of amides is 2. The molecule has 0 bridgehead atoms. The summed E-state index contributed by atoms with van der Waals surface area (Å²) in [5, 5.41) is 0. The average Bonchev–Trinajstić information content (AvgIpc) is 2.94. The van der Waals surface area contributed by atoms with E-state index in [1.54, 1.807) is 6.33 Å². The fraction of sp³-hybridized carbons (Fsp3) is 0.667. The third-order valence-corrected chi connectivity index (χ3v) is 4.17. The molecule has 1 saturated heterocycles. The zero-order valence-electron chi connectivity index (χ0n) is 12.5. The SMILES string of the molecule is CCOc1ncnc2c1CCN(C(=O)N1CCCC1)CC2. The molecule has 21 heavy (non-hydrogen) atoms. The van der Waals surface area contributed by atoms with Crippen molar-refractivity contribution in [2.75, 3.05) is 32.8 Å². The Bertz CT molecular complexity index is 514. The summed E-state index contributed by atoms with van der Waals surface area (Å²) in [7, 11) is 0. The number of urea groups is 1. The largest absolute Gasteiger partial charge is 0.478 e. The van der Waals surface area contributed by atoms with E-state index in [0.717, 1.165) is 63.1 Å². The van der Waals surface area contributed by atoms with Crippen LogP contribution < -0.4 is 4.74 Å². The standard InChI is InChI=1S/C15H22N4O2/c1-2-21-14-12-5-9-19(10-6-13(12)16-11-17-14)15(20)18-7-3-4-8-18/h11H,2-10H2,1H3. The Morgan fingerprint density at radius 1 is 1.14 bits per heavy atom. The van der Waals surface area contributed by atoms with Gasteiger partial charge in [0.15, 0.2) is 0 Å². The summed E-state index contributed by atoms with van der Waals surface area (Å²) in [6, 6.07) is 0.172. The quantitative estimate of drug-likeness (QED) is 0.828. The number of nitrogens with zero attached hydrogens (tertiary/aromatic N) is 4. The molecule has 0 aromatic carbocycles. The van der Waals surface area contributed by atoms with E-state index in [9.17, 15) is 4.79 Å². The highest BCUT2D eigenvalue weighted by Gasteiger charge is 2.26. The summed E-state index contributed by atoms with van der Waals surface area (Å²) in [5.74, 6) is 0.679. The van der Waals surface area contributed by atoms with Gasteiger partial charge in [0.2, 0.25) is 5.88 Å². The van der Waals surface area contributed by atoms with Gasteiger partial charge in [-0.3, -0.25) is 0 Å². The minimum atomic E-state index is 0.172. The molecule has 1 aromatic rings. The molecule has 0 unspecified atom stereocenters. The lowest BCUT2D eigenvalue weighted by molar-refractivity contribution is 0.164. The van der Waals surface area contributed by atoms with Crippen molar-refractivity contribution in [3.63, 3.8) is 0 Å². The highest BCUT2D eigenvalue weighted by Crippen LogP contribution is 2.23. The van der Waals surface area contributed by atoms with Crippen molar-refractivity contribution in [3.05, 3.63) is 17.6 Å². The summed E-state index contributed by atoms with van der Waals surface area (Å²) in [6.45, 7) is 5.79. The molecule has 2 amide bonds. The summed E-state index contributed by atoms with van der Waals surface area (Å²) in [4.78, 5) is 25.0. The fourth-order valence-corrected chi connectivity index (χ4v) is 3.06. The van der Waals surface area contributed by atoms with E-state index in [4.69, 9.17) is 4.74 Å².